The van der Waals surface area contributed by atoms with Crippen LogP contribution in [0.3, 0.4) is 0 Å². The highest BCUT2D eigenvalue weighted by Crippen LogP contribution is 2.38. The van der Waals surface area contributed by atoms with E-state index >= 15 is 0 Å². The first-order chi connectivity index (χ1) is 13.5. The van der Waals surface area contributed by atoms with Gasteiger partial charge in [0.1, 0.15) is 0 Å². The highest BCUT2D eigenvalue weighted by molar-refractivity contribution is 5.94. The number of hydrogen-bond acceptors (Lipinski definition) is 2. The number of alkyl halides is 3. The molecule has 0 atom stereocenters. The first-order valence-electron chi connectivity index (χ1n) is 9.89. The summed E-state index contributed by atoms with van der Waals surface area (Å²) in [6.45, 7) is 4.91. The van der Waals surface area contributed by atoms with E-state index < -0.39 is 17.6 Å². The fourth-order valence-electron chi connectivity index (χ4n) is 3.89. The summed E-state index contributed by atoms with van der Waals surface area (Å²) in [6.07, 6.45) is -0.182. The predicted molar refractivity (Wildman–Crippen MR) is 108 cm³/mol. The van der Waals surface area contributed by atoms with Gasteiger partial charge in [0.05, 0.1) is 5.56 Å². The third-order valence-corrected chi connectivity index (χ3v) is 5.78. The van der Waals surface area contributed by atoms with Crippen molar-refractivity contribution in [2.75, 3.05) is 0 Å². The summed E-state index contributed by atoms with van der Waals surface area (Å²) in [6, 6.07) is 10.7. The third kappa shape index (κ3) is 5.38. The molecule has 6 heteroatoms. The zero-order chi connectivity index (χ0) is 21.2. The van der Waals surface area contributed by atoms with Gasteiger partial charge in [0.15, 0.2) is 0 Å². The number of hydrogen-bond donors (Lipinski definition) is 2. The Morgan fingerprint density at radius 2 is 1.83 bits per heavy atom. The molecule has 1 aliphatic carbocycles. The van der Waals surface area contributed by atoms with Crippen molar-refractivity contribution in [3.63, 3.8) is 0 Å². The molecule has 0 bridgehead atoms. The van der Waals surface area contributed by atoms with E-state index in [1.54, 1.807) is 12.1 Å². The minimum atomic E-state index is -4.50. The van der Waals surface area contributed by atoms with Crippen molar-refractivity contribution >= 4 is 5.91 Å². The van der Waals surface area contributed by atoms with Gasteiger partial charge in [-0.25, -0.2) is 0 Å². The summed E-state index contributed by atoms with van der Waals surface area (Å²) in [5.41, 5.74) is 6.05. The van der Waals surface area contributed by atoms with Gasteiger partial charge in [0.25, 0.3) is 0 Å². The van der Waals surface area contributed by atoms with Gasteiger partial charge < -0.3 is 11.1 Å². The standard InChI is InChI=1S/C23H27F3N2O/c1-22(2)10-8-18(9-11-22)28-14-15-6-7-19(20(12-15)23(24,25)26)16-4-3-5-17(13-16)21(27)29/h3-7,12-13,18,28H,8-11,14H2,1-2H3,(H2,27,29). The maximum Gasteiger partial charge on any atom is 0.417 e. The topological polar surface area (TPSA) is 55.1 Å². The second-order valence-electron chi connectivity index (χ2n) is 8.64. The van der Waals surface area contributed by atoms with Gasteiger partial charge in [-0.15, -0.1) is 0 Å². The van der Waals surface area contributed by atoms with Crippen LogP contribution in [0.2, 0.25) is 0 Å². The summed E-state index contributed by atoms with van der Waals surface area (Å²) in [5.74, 6) is -0.670. The van der Waals surface area contributed by atoms with Crippen molar-refractivity contribution in [1.29, 1.82) is 0 Å². The fourth-order valence-corrected chi connectivity index (χ4v) is 3.89. The Morgan fingerprint density at radius 1 is 1.14 bits per heavy atom. The van der Waals surface area contributed by atoms with Crippen LogP contribution in [0.1, 0.15) is 61.0 Å². The number of benzene rings is 2. The van der Waals surface area contributed by atoms with Crippen molar-refractivity contribution < 1.29 is 18.0 Å². The van der Waals surface area contributed by atoms with Crippen molar-refractivity contribution in [1.82, 2.24) is 5.32 Å². The molecule has 156 valence electrons. The van der Waals surface area contributed by atoms with Gasteiger partial charge in [-0.05, 0) is 66.0 Å². The molecule has 1 fully saturated rings. The largest absolute Gasteiger partial charge is 0.417 e. The minimum Gasteiger partial charge on any atom is -0.366 e. The summed E-state index contributed by atoms with van der Waals surface area (Å²) >= 11 is 0. The van der Waals surface area contributed by atoms with Crippen LogP contribution in [-0.2, 0) is 12.7 Å². The quantitative estimate of drug-likeness (QED) is 0.688. The highest BCUT2D eigenvalue weighted by atomic mass is 19.4. The van der Waals surface area contributed by atoms with Crippen LogP contribution < -0.4 is 11.1 Å². The number of nitrogens with one attached hydrogen (secondary N) is 1. The third-order valence-electron chi connectivity index (χ3n) is 5.78. The van der Waals surface area contributed by atoms with Crippen molar-refractivity contribution in [3.8, 4) is 11.1 Å². The van der Waals surface area contributed by atoms with Gasteiger partial charge in [0.2, 0.25) is 5.91 Å². The number of rotatable bonds is 5. The summed E-state index contributed by atoms with van der Waals surface area (Å²) in [7, 11) is 0. The highest BCUT2D eigenvalue weighted by Gasteiger charge is 2.34. The molecular weight excluding hydrogens is 377 g/mol. The molecule has 1 aliphatic rings. The van der Waals surface area contributed by atoms with Gasteiger partial charge in [-0.2, -0.15) is 13.2 Å². The zero-order valence-electron chi connectivity index (χ0n) is 16.8. The molecule has 0 heterocycles. The molecule has 3 nitrogen and oxygen atoms in total. The molecule has 1 amide bonds. The van der Waals surface area contributed by atoms with Crippen LogP contribution in [0.5, 0.6) is 0 Å². The first kappa shape index (κ1) is 21.4. The Balaban J connectivity index is 1.82. The van der Waals surface area contributed by atoms with E-state index in [0.717, 1.165) is 25.7 Å². The number of carbonyl (C=O) groups is 1. The maximum atomic E-state index is 13.7. The summed E-state index contributed by atoms with van der Waals surface area (Å²) in [4.78, 5) is 11.4. The molecule has 0 aromatic heterocycles. The normalized spacial score (nSPS) is 17.3. The van der Waals surface area contributed by atoms with E-state index in [-0.39, 0.29) is 11.1 Å². The van der Waals surface area contributed by atoms with Crippen LogP contribution in [-0.4, -0.2) is 11.9 Å². The molecule has 29 heavy (non-hydrogen) atoms. The summed E-state index contributed by atoms with van der Waals surface area (Å²) in [5, 5.41) is 3.41. The van der Waals surface area contributed by atoms with E-state index in [2.05, 4.69) is 19.2 Å². The smallest absolute Gasteiger partial charge is 0.366 e. The van der Waals surface area contributed by atoms with Crippen LogP contribution in [0.4, 0.5) is 13.2 Å². The van der Waals surface area contributed by atoms with Crippen molar-refractivity contribution in [2.45, 2.75) is 58.3 Å². The van der Waals surface area contributed by atoms with E-state index in [4.69, 9.17) is 5.73 Å². The van der Waals surface area contributed by atoms with Crippen molar-refractivity contribution in [3.05, 3.63) is 59.2 Å². The lowest BCUT2D eigenvalue weighted by Crippen LogP contribution is -2.35. The predicted octanol–water partition coefficient (Wildman–Crippen LogP) is 5.53. The van der Waals surface area contributed by atoms with Gasteiger partial charge in [-0.1, -0.05) is 38.1 Å². The van der Waals surface area contributed by atoms with Gasteiger partial charge in [0, 0.05) is 18.2 Å². The van der Waals surface area contributed by atoms with Crippen LogP contribution in [0.25, 0.3) is 11.1 Å². The Labute approximate surface area is 169 Å². The van der Waals surface area contributed by atoms with Crippen LogP contribution in [0, 0.1) is 5.41 Å². The lowest BCUT2D eigenvalue weighted by Gasteiger charge is -2.34. The van der Waals surface area contributed by atoms with E-state index in [1.807, 2.05) is 0 Å². The van der Waals surface area contributed by atoms with E-state index in [0.29, 0.717) is 29.1 Å². The number of nitrogens with two attached hydrogens (primary N) is 1. The lowest BCUT2D eigenvalue weighted by atomic mass is 9.75. The molecule has 2 aromatic carbocycles. The lowest BCUT2D eigenvalue weighted by molar-refractivity contribution is -0.137. The Kier molecular flexibility index (Phi) is 6.03. The first-order valence-corrected chi connectivity index (χ1v) is 9.89. The molecular formula is C23H27F3N2O. The molecule has 1 saturated carbocycles. The van der Waals surface area contributed by atoms with Gasteiger partial charge >= 0.3 is 6.18 Å². The molecule has 3 rings (SSSR count). The zero-order valence-corrected chi connectivity index (χ0v) is 16.8. The molecule has 2 aromatic rings. The van der Waals surface area contributed by atoms with Crippen LogP contribution >= 0.6 is 0 Å². The second-order valence-corrected chi connectivity index (χ2v) is 8.64. The maximum absolute atomic E-state index is 13.7. The second kappa shape index (κ2) is 8.19. The molecule has 0 spiro atoms. The monoisotopic (exact) mass is 404 g/mol. The summed E-state index contributed by atoms with van der Waals surface area (Å²) < 4.78 is 41.2. The molecule has 0 saturated heterocycles. The Morgan fingerprint density at radius 3 is 2.45 bits per heavy atom. The Bertz CT molecular complexity index is 880. The Hall–Kier alpha value is -2.34. The van der Waals surface area contributed by atoms with Gasteiger partial charge in [-0.3, -0.25) is 4.79 Å². The number of halogens is 3. The average molecular weight is 404 g/mol. The SMILES string of the molecule is CC1(C)CCC(NCc2ccc(-c3cccc(C(N)=O)c3)c(C(F)(F)F)c2)CC1. The molecule has 3 N–H and O–H groups in total. The van der Waals surface area contributed by atoms with Crippen molar-refractivity contribution in [2.24, 2.45) is 11.1 Å². The minimum absolute atomic E-state index is 0.0452. The average Bonchev–Trinajstić information content (AvgIpc) is 2.66. The molecule has 0 aliphatic heterocycles. The van der Waals surface area contributed by atoms with E-state index in [9.17, 15) is 18.0 Å². The number of carbonyl (C=O) groups excluding carboxylic acids is 1. The number of primary amides is 1. The van der Waals surface area contributed by atoms with Crippen LogP contribution in [0.15, 0.2) is 42.5 Å². The molecule has 0 unspecified atom stereocenters. The molecule has 0 radical (unpaired) electrons. The number of amides is 1. The fraction of sp³-hybridized carbons (Fsp3) is 0.435. The van der Waals surface area contributed by atoms with E-state index in [1.165, 1.54) is 30.3 Å².